The Labute approximate surface area is 155 Å². The van der Waals surface area contributed by atoms with Gasteiger partial charge in [0, 0.05) is 5.69 Å². The Morgan fingerprint density at radius 2 is 1.65 bits per heavy atom. The maximum Gasteiger partial charge on any atom is 0.231 e. The third-order valence-electron chi connectivity index (χ3n) is 5.12. The van der Waals surface area contributed by atoms with E-state index >= 15 is 0 Å². The lowest BCUT2D eigenvalue weighted by Crippen LogP contribution is -2.21. The molecule has 1 amide bonds. The van der Waals surface area contributed by atoms with E-state index in [1.807, 2.05) is 37.3 Å². The second-order valence-electron chi connectivity index (χ2n) is 6.84. The normalized spacial score (nSPS) is 16.3. The summed E-state index contributed by atoms with van der Waals surface area (Å²) >= 11 is 0. The summed E-state index contributed by atoms with van der Waals surface area (Å²) in [6.45, 7) is 1.98. The molecule has 1 aliphatic carbocycles. The number of anilines is 1. The van der Waals surface area contributed by atoms with E-state index in [0.29, 0.717) is 17.0 Å². The third kappa shape index (κ3) is 3.98. The Morgan fingerprint density at radius 1 is 1.04 bits per heavy atom. The first-order chi connectivity index (χ1) is 12.5. The average Bonchev–Trinajstić information content (AvgIpc) is 3.19. The van der Waals surface area contributed by atoms with E-state index in [9.17, 15) is 13.2 Å². The average molecular weight is 372 g/mol. The van der Waals surface area contributed by atoms with Crippen molar-refractivity contribution in [2.45, 2.75) is 55.1 Å². The molecule has 0 saturated heterocycles. The number of sulfone groups is 1. The number of amides is 1. The molecule has 0 spiro atoms. The Morgan fingerprint density at radius 3 is 2.23 bits per heavy atom. The molecule has 138 valence electrons. The highest BCUT2D eigenvalue weighted by molar-refractivity contribution is 7.92. The molecule has 1 aliphatic rings. The van der Waals surface area contributed by atoms with E-state index in [2.05, 4.69) is 5.32 Å². The number of benzene rings is 2. The van der Waals surface area contributed by atoms with Crippen LogP contribution in [0.3, 0.4) is 0 Å². The standard InChI is InChI=1S/C21H25NO3S/c1-2-20(16-8-4-3-5-9-16)21(23)22-17-12-14-19(15-13-17)26(24,25)18-10-6-7-11-18/h3-5,8-9,12-15,18,20H,2,6-7,10-11H2,1H3,(H,22,23)/t20-/m0/s1. The van der Waals surface area contributed by atoms with Crippen LogP contribution in [0.25, 0.3) is 0 Å². The van der Waals surface area contributed by atoms with Gasteiger partial charge in [-0.2, -0.15) is 0 Å². The molecule has 4 nitrogen and oxygen atoms in total. The molecule has 0 heterocycles. The number of hydrogen-bond acceptors (Lipinski definition) is 3. The van der Waals surface area contributed by atoms with Crippen LogP contribution in [0, 0.1) is 0 Å². The highest BCUT2D eigenvalue weighted by Gasteiger charge is 2.30. The number of nitrogens with one attached hydrogen (secondary N) is 1. The van der Waals surface area contributed by atoms with Gasteiger partial charge in [-0.3, -0.25) is 4.79 Å². The molecule has 0 aliphatic heterocycles. The van der Waals surface area contributed by atoms with Crippen LogP contribution in [0.2, 0.25) is 0 Å². The van der Waals surface area contributed by atoms with Gasteiger partial charge >= 0.3 is 0 Å². The zero-order valence-electron chi connectivity index (χ0n) is 15.0. The van der Waals surface area contributed by atoms with Crippen LogP contribution in [0.15, 0.2) is 59.5 Å². The fraction of sp³-hybridized carbons (Fsp3) is 0.381. The minimum atomic E-state index is -3.26. The molecule has 0 radical (unpaired) electrons. The maximum atomic E-state index is 12.6. The van der Waals surface area contributed by atoms with E-state index in [1.165, 1.54) is 0 Å². The first-order valence-electron chi connectivity index (χ1n) is 9.22. The van der Waals surface area contributed by atoms with Gasteiger partial charge in [-0.25, -0.2) is 8.42 Å². The highest BCUT2D eigenvalue weighted by atomic mass is 32.2. The highest BCUT2D eigenvalue weighted by Crippen LogP contribution is 2.30. The van der Waals surface area contributed by atoms with Crippen LogP contribution in [-0.4, -0.2) is 19.6 Å². The van der Waals surface area contributed by atoms with Crippen molar-refractivity contribution in [2.75, 3.05) is 5.32 Å². The fourth-order valence-corrected chi connectivity index (χ4v) is 5.46. The molecular formula is C21H25NO3S. The lowest BCUT2D eigenvalue weighted by molar-refractivity contribution is -0.117. The molecular weight excluding hydrogens is 346 g/mol. The SMILES string of the molecule is CC[C@H](C(=O)Nc1ccc(S(=O)(=O)C2CCCC2)cc1)c1ccccc1. The Hall–Kier alpha value is -2.14. The van der Waals surface area contributed by atoms with E-state index in [4.69, 9.17) is 0 Å². The third-order valence-corrected chi connectivity index (χ3v) is 7.40. The summed E-state index contributed by atoms with van der Waals surface area (Å²) in [5, 5.41) is 2.65. The monoisotopic (exact) mass is 371 g/mol. The minimum Gasteiger partial charge on any atom is -0.326 e. The zero-order valence-corrected chi connectivity index (χ0v) is 15.8. The summed E-state index contributed by atoms with van der Waals surface area (Å²) < 4.78 is 25.2. The molecule has 5 heteroatoms. The molecule has 1 fully saturated rings. The summed E-state index contributed by atoms with van der Waals surface area (Å²) in [5.41, 5.74) is 1.60. The Kier molecular flexibility index (Phi) is 5.77. The van der Waals surface area contributed by atoms with Gasteiger partial charge in [-0.15, -0.1) is 0 Å². The summed E-state index contributed by atoms with van der Waals surface area (Å²) in [4.78, 5) is 13.0. The summed E-state index contributed by atoms with van der Waals surface area (Å²) in [7, 11) is -3.26. The van der Waals surface area contributed by atoms with Gasteiger partial charge in [-0.05, 0) is 49.1 Å². The largest absolute Gasteiger partial charge is 0.326 e. The molecule has 1 atom stereocenters. The van der Waals surface area contributed by atoms with E-state index in [1.54, 1.807) is 24.3 Å². The lowest BCUT2D eigenvalue weighted by atomic mass is 9.95. The predicted molar refractivity (Wildman–Crippen MR) is 104 cm³/mol. The zero-order chi connectivity index (χ0) is 18.6. The molecule has 3 rings (SSSR count). The van der Waals surface area contributed by atoms with Gasteiger partial charge in [0.1, 0.15) is 0 Å². The van der Waals surface area contributed by atoms with Crippen LogP contribution in [0.1, 0.15) is 50.5 Å². The number of rotatable bonds is 6. The van der Waals surface area contributed by atoms with E-state index in [-0.39, 0.29) is 17.1 Å². The number of carbonyl (C=O) groups is 1. The smallest absolute Gasteiger partial charge is 0.231 e. The maximum absolute atomic E-state index is 12.6. The van der Waals surface area contributed by atoms with Crippen molar-refractivity contribution in [3.05, 3.63) is 60.2 Å². The first-order valence-corrected chi connectivity index (χ1v) is 10.8. The van der Waals surface area contributed by atoms with Crippen LogP contribution < -0.4 is 5.32 Å². The van der Waals surface area contributed by atoms with Gasteiger partial charge in [0.25, 0.3) is 0 Å². The second kappa shape index (κ2) is 8.04. The van der Waals surface area contributed by atoms with Gasteiger partial charge < -0.3 is 5.32 Å². The molecule has 1 saturated carbocycles. The molecule has 0 unspecified atom stereocenters. The predicted octanol–water partition coefficient (Wildman–Crippen LogP) is 4.54. The molecule has 26 heavy (non-hydrogen) atoms. The van der Waals surface area contributed by atoms with Gasteiger partial charge in [0.05, 0.1) is 16.1 Å². The van der Waals surface area contributed by atoms with Crippen molar-refractivity contribution in [3.63, 3.8) is 0 Å². The van der Waals surface area contributed by atoms with Gasteiger partial charge in [-0.1, -0.05) is 50.1 Å². The van der Waals surface area contributed by atoms with Crippen molar-refractivity contribution in [1.82, 2.24) is 0 Å². The van der Waals surface area contributed by atoms with Crippen LogP contribution in [0.4, 0.5) is 5.69 Å². The van der Waals surface area contributed by atoms with Crippen molar-refractivity contribution in [3.8, 4) is 0 Å². The topological polar surface area (TPSA) is 63.2 Å². The van der Waals surface area contributed by atoms with Crippen molar-refractivity contribution >= 4 is 21.4 Å². The van der Waals surface area contributed by atoms with E-state index in [0.717, 1.165) is 31.2 Å². The first kappa shape index (κ1) is 18.6. The molecule has 2 aromatic carbocycles. The number of hydrogen-bond donors (Lipinski definition) is 1. The fourth-order valence-electron chi connectivity index (χ4n) is 3.61. The molecule has 1 N–H and O–H groups in total. The molecule has 2 aromatic rings. The Balaban J connectivity index is 1.72. The van der Waals surface area contributed by atoms with Crippen molar-refractivity contribution in [2.24, 2.45) is 0 Å². The summed E-state index contributed by atoms with van der Waals surface area (Å²) in [5.74, 6) is -0.303. The van der Waals surface area contributed by atoms with Crippen molar-refractivity contribution in [1.29, 1.82) is 0 Å². The summed E-state index contributed by atoms with van der Waals surface area (Å²) in [6.07, 6.45) is 4.15. The minimum absolute atomic E-state index is 0.0786. The molecule has 0 bridgehead atoms. The lowest BCUT2D eigenvalue weighted by Gasteiger charge is -2.16. The van der Waals surface area contributed by atoms with Crippen LogP contribution in [-0.2, 0) is 14.6 Å². The second-order valence-corrected chi connectivity index (χ2v) is 9.06. The van der Waals surface area contributed by atoms with Crippen molar-refractivity contribution < 1.29 is 13.2 Å². The van der Waals surface area contributed by atoms with E-state index < -0.39 is 9.84 Å². The Bertz CT molecular complexity index is 839. The number of carbonyl (C=O) groups excluding carboxylic acids is 1. The van der Waals surface area contributed by atoms with Gasteiger partial charge in [0.2, 0.25) is 5.91 Å². The summed E-state index contributed by atoms with van der Waals surface area (Å²) in [6, 6.07) is 16.2. The van der Waals surface area contributed by atoms with Gasteiger partial charge in [0.15, 0.2) is 9.84 Å². The molecule has 0 aromatic heterocycles. The quantitative estimate of drug-likeness (QED) is 0.811. The van der Waals surface area contributed by atoms with Crippen LogP contribution >= 0.6 is 0 Å². The van der Waals surface area contributed by atoms with Crippen LogP contribution in [0.5, 0.6) is 0 Å².